The summed E-state index contributed by atoms with van der Waals surface area (Å²) in [5.41, 5.74) is -0.894. The lowest BCUT2D eigenvalue weighted by Gasteiger charge is -2.15. The molecule has 0 heterocycles. The van der Waals surface area contributed by atoms with E-state index in [1.165, 1.54) is 0 Å². The summed E-state index contributed by atoms with van der Waals surface area (Å²) < 4.78 is 75.5. The minimum Gasteiger partial charge on any atom is -0.278 e. The largest absolute Gasteiger partial charge is 0.278 e. The summed E-state index contributed by atoms with van der Waals surface area (Å²) in [5.74, 6) is -2.67. The maximum Gasteiger partial charge on any atom is 0.238 e. The lowest BCUT2D eigenvalue weighted by molar-refractivity contribution is 0.567. The van der Waals surface area contributed by atoms with Gasteiger partial charge in [0.2, 0.25) is 20.0 Å². The maximum atomic E-state index is 13.8. The lowest BCUT2D eigenvalue weighted by Crippen LogP contribution is -2.26. The van der Waals surface area contributed by atoms with E-state index in [0.717, 1.165) is 12.8 Å². The van der Waals surface area contributed by atoms with Crippen molar-refractivity contribution in [1.29, 1.82) is 0 Å². The van der Waals surface area contributed by atoms with Crippen LogP contribution in [-0.4, -0.2) is 22.1 Å². The molecule has 0 amide bonds. The summed E-state index contributed by atoms with van der Waals surface area (Å²) in [6.45, 7) is 0. The predicted molar refractivity (Wildman–Crippen MR) is 72.5 cm³/mol. The van der Waals surface area contributed by atoms with Crippen molar-refractivity contribution in [2.45, 2.75) is 35.8 Å². The Morgan fingerprint density at radius 1 is 1.05 bits per heavy atom. The van der Waals surface area contributed by atoms with Gasteiger partial charge in [-0.05, 0) is 25.0 Å². The van der Waals surface area contributed by atoms with Gasteiger partial charge in [-0.2, -0.15) is 0 Å². The molecular formula is C11H14F2N2O4S2. The van der Waals surface area contributed by atoms with E-state index in [-0.39, 0.29) is 0 Å². The standard InChI is InChI=1S/C11H14F2N2O4S2/c12-9-5-8(20(14,16)17)6-10(13)11(9)15-21(18,19)7-3-1-2-4-7/h5-7,15H,1-4H2,(H2,14,16,17). The number of rotatable bonds is 4. The summed E-state index contributed by atoms with van der Waals surface area (Å²) in [6.07, 6.45) is 2.32. The molecule has 0 unspecified atom stereocenters. The highest BCUT2D eigenvalue weighted by molar-refractivity contribution is 7.93. The van der Waals surface area contributed by atoms with Gasteiger partial charge in [-0.3, -0.25) is 4.72 Å². The van der Waals surface area contributed by atoms with Crippen LogP contribution in [0.4, 0.5) is 14.5 Å². The van der Waals surface area contributed by atoms with Crippen LogP contribution in [0.3, 0.4) is 0 Å². The molecular weight excluding hydrogens is 326 g/mol. The van der Waals surface area contributed by atoms with E-state index in [1.54, 1.807) is 0 Å². The molecule has 10 heteroatoms. The zero-order chi connectivity index (χ0) is 15.8. The van der Waals surface area contributed by atoms with E-state index in [9.17, 15) is 25.6 Å². The van der Waals surface area contributed by atoms with Crippen molar-refractivity contribution in [2.75, 3.05) is 4.72 Å². The van der Waals surface area contributed by atoms with Crippen molar-refractivity contribution >= 4 is 25.7 Å². The van der Waals surface area contributed by atoms with Crippen molar-refractivity contribution in [2.24, 2.45) is 5.14 Å². The molecule has 6 nitrogen and oxygen atoms in total. The molecule has 21 heavy (non-hydrogen) atoms. The number of hydrogen-bond acceptors (Lipinski definition) is 4. The third-order valence-corrected chi connectivity index (χ3v) is 6.06. The first-order chi connectivity index (χ1) is 9.61. The monoisotopic (exact) mass is 340 g/mol. The third kappa shape index (κ3) is 3.50. The number of sulfonamides is 2. The SMILES string of the molecule is NS(=O)(=O)c1cc(F)c(NS(=O)(=O)C2CCCC2)c(F)c1. The molecule has 0 spiro atoms. The molecule has 2 rings (SSSR count). The van der Waals surface area contributed by atoms with E-state index < -0.39 is 47.5 Å². The summed E-state index contributed by atoms with van der Waals surface area (Å²) in [5, 5.41) is 4.07. The summed E-state index contributed by atoms with van der Waals surface area (Å²) >= 11 is 0. The Labute approximate surface area is 121 Å². The van der Waals surface area contributed by atoms with Crippen LogP contribution >= 0.6 is 0 Å². The van der Waals surface area contributed by atoms with Gasteiger partial charge in [0.05, 0.1) is 10.1 Å². The summed E-state index contributed by atoms with van der Waals surface area (Å²) in [6, 6.07) is 0.954. The molecule has 0 aliphatic heterocycles. The number of anilines is 1. The quantitative estimate of drug-likeness (QED) is 0.861. The first-order valence-corrected chi connectivity index (χ1v) is 9.24. The fourth-order valence-electron chi connectivity index (χ4n) is 2.24. The number of primary sulfonamides is 1. The van der Waals surface area contributed by atoms with Gasteiger partial charge in [-0.15, -0.1) is 0 Å². The van der Waals surface area contributed by atoms with Gasteiger partial charge in [-0.25, -0.2) is 30.8 Å². The molecule has 1 fully saturated rings. The molecule has 1 aromatic rings. The van der Waals surface area contributed by atoms with E-state index in [0.29, 0.717) is 25.0 Å². The maximum absolute atomic E-state index is 13.8. The van der Waals surface area contributed by atoms with Crippen molar-refractivity contribution in [3.8, 4) is 0 Å². The Kier molecular flexibility index (Phi) is 4.22. The van der Waals surface area contributed by atoms with E-state index in [4.69, 9.17) is 5.14 Å². The van der Waals surface area contributed by atoms with E-state index in [2.05, 4.69) is 0 Å². The predicted octanol–water partition coefficient (Wildman–Crippen LogP) is 1.30. The van der Waals surface area contributed by atoms with Crippen molar-refractivity contribution < 1.29 is 25.6 Å². The molecule has 0 bridgehead atoms. The number of halogens is 2. The molecule has 1 saturated carbocycles. The van der Waals surface area contributed by atoms with Crippen LogP contribution in [-0.2, 0) is 20.0 Å². The van der Waals surface area contributed by atoms with Gasteiger partial charge in [-0.1, -0.05) is 12.8 Å². The minimum absolute atomic E-state index is 0.424. The Bertz CT molecular complexity index is 733. The second-order valence-corrected chi connectivity index (χ2v) is 8.38. The molecule has 1 aromatic carbocycles. The van der Waals surface area contributed by atoms with Gasteiger partial charge < -0.3 is 0 Å². The fraction of sp³-hybridized carbons (Fsp3) is 0.455. The highest BCUT2D eigenvalue weighted by atomic mass is 32.2. The molecule has 1 aliphatic carbocycles. The van der Waals surface area contributed by atoms with Crippen LogP contribution < -0.4 is 9.86 Å². The van der Waals surface area contributed by atoms with Crippen LogP contribution in [0.5, 0.6) is 0 Å². The van der Waals surface area contributed by atoms with Crippen LogP contribution in [0.2, 0.25) is 0 Å². The normalized spacial score (nSPS) is 17.1. The topological polar surface area (TPSA) is 106 Å². The highest BCUT2D eigenvalue weighted by Gasteiger charge is 2.30. The van der Waals surface area contributed by atoms with Crippen LogP contribution in [0.25, 0.3) is 0 Å². The van der Waals surface area contributed by atoms with Crippen LogP contribution in [0.15, 0.2) is 17.0 Å². The van der Waals surface area contributed by atoms with Crippen molar-refractivity contribution in [3.63, 3.8) is 0 Å². The molecule has 1 aliphatic rings. The summed E-state index contributed by atoms with van der Waals surface area (Å²) in [4.78, 5) is -0.763. The van der Waals surface area contributed by atoms with Gasteiger partial charge in [0.1, 0.15) is 5.69 Å². The van der Waals surface area contributed by atoms with Gasteiger partial charge in [0, 0.05) is 0 Å². The van der Waals surface area contributed by atoms with E-state index in [1.807, 2.05) is 4.72 Å². The number of nitrogens with one attached hydrogen (secondary N) is 1. The molecule has 3 N–H and O–H groups in total. The average Bonchev–Trinajstić information content (AvgIpc) is 2.86. The fourth-order valence-corrected chi connectivity index (χ4v) is 4.37. The van der Waals surface area contributed by atoms with Gasteiger partial charge in [0.15, 0.2) is 11.6 Å². The number of benzene rings is 1. The summed E-state index contributed by atoms with van der Waals surface area (Å²) in [7, 11) is -8.20. The number of hydrogen-bond donors (Lipinski definition) is 2. The van der Waals surface area contributed by atoms with Gasteiger partial charge >= 0.3 is 0 Å². The third-order valence-electron chi connectivity index (χ3n) is 3.33. The Balaban J connectivity index is 2.37. The first-order valence-electron chi connectivity index (χ1n) is 6.15. The zero-order valence-corrected chi connectivity index (χ0v) is 12.5. The molecule has 118 valence electrons. The Morgan fingerprint density at radius 2 is 1.52 bits per heavy atom. The molecule has 0 saturated heterocycles. The van der Waals surface area contributed by atoms with Crippen molar-refractivity contribution in [3.05, 3.63) is 23.8 Å². The Morgan fingerprint density at radius 3 is 1.95 bits per heavy atom. The van der Waals surface area contributed by atoms with E-state index >= 15 is 0 Å². The van der Waals surface area contributed by atoms with Crippen LogP contribution in [0, 0.1) is 11.6 Å². The zero-order valence-electron chi connectivity index (χ0n) is 10.8. The molecule has 0 aromatic heterocycles. The second kappa shape index (κ2) is 5.50. The van der Waals surface area contributed by atoms with Crippen molar-refractivity contribution in [1.82, 2.24) is 0 Å². The smallest absolute Gasteiger partial charge is 0.238 e. The number of nitrogens with two attached hydrogens (primary N) is 1. The second-order valence-electron chi connectivity index (χ2n) is 4.86. The average molecular weight is 340 g/mol. The first kappa shape index (κ1) is 16.1. The van der Waals surface area contributed by atoms with Crippen LogP contribution in [0.1, 0.15) is 25.7 Å². The lowest BCUT2D eigenvalue weighted by atomic mass is 10.3. The minimum atomic E-state index is -4.28. The highest BCUT2D eigenvalue weighted by Crippen LogP contribution is 2.29. The molecule has 0 atom stereocenters. The Hall–Kier alpha value is -1.26. The molecule has 0 radical (unpaired) electrons. The van der Waals surface area contributed by atoms with Gasteiger partial charge in [0.25, 0.3) is 0 Å².